The number of carboxylic acid groups (broad SMARTS) is 1. The predicted octanol–water partition coefficient (Wildman–Crippen LogP) is 2.32. The van der Waals surface area contributed by atoms with Crippen molar-refractivity contribution in [3.05, 3.63) is 11.9 Å². The van der Waals surface area contributed by atoms with E-state index in [0.29, 0.717) is 6.42 Å². The zero-order chi connectivity index (χ0) is 12.0. The molecular weight excluding hydrogens is 204 g/mol. The van der Waals surface area contributed by atoms with Crippen molar-refractivity contribution >= 4 is 11.7 Å². The standard InChI is InChI=1S/C12H20N2O2/c1-3-5-6-7-10-11(8-13-10)14-9(4-2)12(15)16/h8-9,14H,3-7H2,1-2H3,(H,15,16). The summed E-state index contributed by atoms with van der Waals surface area (Å²) in [5.74, 6) is -0.803. The van der Waals surface area contributed by atoms with Gasteiger partial charge in [0.25, 0.3) is 0 Å². The highest BCUT2D eigenvalue weighted by Gasteiger charge is 2.20. The smallest absolute Gasteiger partial charge is 0.326 e. The second kappa shape index (κ2) is 6.30. The Labute approximate surface area is 96.5 Å². The van der Waals surface area contributed by atoms with E-state index in [0.717, 1.165) is 24.3 Å². The molecule has 1 aliphatic rings. The monoisotopic (exact) mass is 224 g/mol. The summed E-state index contributed by atoms with van der Waals surface area (Å²) in [6, 6.07) is -0.497. The first-order valence-electron chi connectivity index (χ1n) is 5.95. The highest BCUT2D eigenvalue weighted by molar-refractivity contribution is 6.04. The van der Waals surface area contributed by atoms with E-state index >= 15 is 0 Å². The van der Waals surface area contributed by atoms with E-state index in [1.165, 1.54) is 12.8 Å². The number of unbranched alkanes of at least 4 members (excludes halogenated alkanes) is 2. The summed E-state index contributed by atoms with van der Waals surface area (Å²) in [5.41, 5.74) is 1.93. The van der Waals surface area contributed by atoms with E-state index in [2.05, 4.69) is 17.2 Å². The number of hydrogen-bond donors (Lipinski definition) is 2. The summed E-state index contributed by atoms with van der Waals surface area (Å²) >= 11 is 0. The minimum atomic E-state index is -0.803. The first-order chi connectivity index (χ1) is 7.69. The SMILES string of the molecule is CCCCCC1=NC=C1NC(CC)C(=O)O. The molecule has 1 rings (SSSR count). The average molecular weight is 224 g/mol. The van der Waals surface area contributed by atoms with Crippen molar-refractivity contribution in [2.75, 3.05) is 0 Å². The second-order valence-electron chi connectivity index (χ2n) is 4.02. The summed E-state index contributed by atoms with van der Waals surface area (Å²) in [6.07, 6.45) is 6.75. The van der Waals surface area contributed by atoms with Gasteiger partial charge in [-0.1, -0.05) is 26.7 Å². The molecule has 0 aliphatic carbocycles. The van der Waals surface area contributed by atoms with Crippen LogP contribution in [0.3, 0.4) is 0 Å². The van der Waals surface area contributed by atoms with Crippen molar-refractivity contribution in [1.82, 2.24) is 5.32 Å². The summed E-state index contributed by atoms with van der Waals surface area (Å²) in [4.78, 5) is 15.0. The van der Waals surface area contributed by atoms with Gasteiger partial charge in [-0.25, -0.2) is 4.79 Å². The lowest BCUT2D eigenvalue weighted by molar-refractivity contribution is -0.139. The maximum atomic E-state index is 10.8. The predicted molar refractivity (Wildman–Crippen MR) is 64.5 cm³/mol. The molecule has 4 nitrogen and oxygen atoms in total. The normalized spacial score (nSPS) is 15.9. The van der Waals surface area contributed by atoms with Gasteiger partial charge in [0.05, 0.1) is 17.6 Å². The van der Waals surface area contributed by atoms with Crippen LogP contribution in [0.4, 0.5) is 0 Å². The Kier molecular flexibility index (Phi) is 5.02. The van der Waals surface area contributed by atoms with Crippen LogP contribution in [-0.2, 0) is 4.79 Å². The van der Waals surface area contributed by atoms with E-state index in [4.69, 9.17) is 5.11 Å². The van der Waals surface area contributed by atoms with Crippen LogP contribution >= 0.6 is 0 Å². The first kappa shape index (κ1) is 12.7. The van der Waals surface area contributed by atoms with Crippen molar-refractivity contribution in [3.63, 3.8) is 0 Å². The molecule has 16 heavy (non-hydrogen) atoms. The highest BCUT2D eigenvalue weighted by atomic mass is 16.4. The van der Waals surface area contributed by atoms with Crippen LogP contribution in [0, 0.1) is 0 Å². The van der Waals surface area contributed by atoms with Crippen molar-refractivity contribution in [3.8, 4) is 0 Å². The molecule has 0 radical (unpaired) electrons. The number of aliphatic imine (C=N–C) groups is 1. The number of rotatable bonds is 8. The Hall–Kier alpha value is -1.32. The third-order valence-electron chi connectivity index (χ3n) is 2.71. The van der Waals surface area contributed by atoms with Gasteiger partial charge in [0.15, 0.2) is 0 Å². The van der Waals surface area contributed by atoms with Crippen LogP contribution in [0.25, 0.3) is 0 Å². The molecule has 0 bridgehead atoms. The van der Waals surface area contributed by atoms with Gasteiger partial charge in [-0.2, -0.15) is 0 Å². The molecule has 1 unspecified atom stereocenters. The van der Waals surface area contributed by atoms with Gasteiger partial charge in [0.2, 0.25) is 0 Å². The van der Waals surface area contributed by atoms with Crippen LogP contribution in [0.15, 0.2) is 16.9 Å². The van der Waals surface area contributed by atoms with Crippen molar-refractivity contribution < 1.29 is 9.90 Å². The maximum Gasteiger partial charge on any atom is 0.326 e. The van der Waals surface area contributed by atoms with E-state index in [9.17, 15) is 4.79 Å². The molecule has 4 heteroatoms. The minimum absolute atomic E-state index is 0.497. The number of nitrogens with zero attached hydrogens (tertiary/aromatic N) is 1. The summed E-state index contributed by atoms with van der Waals surface area (Å²) in [6.45, 7) is 4.02. The topological polar surface area (TPSA) is 61.7 Å². The zero-order valence-electron chi connectivity index (χ0n) is 9.99. The average Bonchev–Trinajstić information content (AvgIpc) is 2.23. The second-order valence-corrected chi connectivity index (χ2v) is 4.02. The number of nitrogens with one attached hydrogen (secondary N) is 1. The number of aliphatic carboxylic acids is 1. The van der Waals surface area contributed by atoms with Crippen LogP contribution in [0.5, 0.6) is 0 Å². The molecule has 1 aliphatic heterocycles. The Morgan fingerprint density at radius 1 is 1.50 bits per heavy atom. The number of allylic oxidation sites excluding steroid dienone is 1. The van der Waals surface area contributed by atoms with Gasteiger partial charge in [-0.3, -0.25) is 4.99 Å². The van der Waals surface area contributed by atoms with Gasteiger partial charge >= 0.3 is 5.97 Å². The summed E-state index contributed by atoms with van der Waals surface area (Å²) < 4.78 is 0. The Balaban J connectivity index is 2.31. The lowest BCUT2D eigenvalue weighted by Crippen LogP contribution is -2.39. The lowest BCUT2D eigenvalue weighted by atomic mass is 10.1. The highest BCUT2D eigenvalue weighted by Crippen LogP contribution is 2.14. The molecule has 1 heterocycles. The quantitative estimate of drug-likeness (QED) is 0.622. The Morgan fingerprint density at radius 2 is 2.25 bits per heavy atom. The van der Waals surface area contributed by atoms with E-state index in [1.807, 2.05) is 6.92 Å². The van der Waals surface area contributed by atoms with E-state index in [-0.39, 0.29) is 0 Å². The maximum absolute atomic E-state index is 10.8. The van der Waals surface area contributed by atoms with Gasteiger partial charge in [-0.05, 0) is 19.3 Å². The molecule has 0 saturated heterocycles. The number of carboxylic acids is 1. The molecule has 0 fully saturated rings. The van der Waals surface area contributed by atoms with Gasteiger partial charge < -0.3 is 10.4 Å². The fourth-order valence-corrected chi connectivity index (χ4v) is 1.61. The molecular formula is C12H20N2O2. The van der Waals surface area contributed by atoms with Crippen LogP contribution in [-0.4, -0.2) is 22.8 Å². The van der Waals surface area contributed by atoms with Gasteiger partial charge in [-0.15, -0.1) is 0 Å². The molecule has 0 aromatic carbocycles. The Morgan fingerprint density at radius 3 is 2.69 bits per heavy atom. The van der Waals surface area contributed by atoms with Crippen molar-refractivity contribution in [2.24, 2.45) is 4.99 Å². The molecule has 0 spiro atoms. The third kappa shape index (κ3) is 3.36. The fourth-order valence-electron chi connectivity index (χ4n) is 1.61. The van der Waals surface area contributed by atoms with Crippen molar-refractivity contribution in [1.29, 1.82) is 0 Å². The number of hydrogen-bond acceptors (Lipinski definition) is 3. The van der Waals surface area contributed by atoms with E-state index < -0.39 is 12.0 Å². The van der Waals surface area contributed by atoms with Crippen LogP contribution < -0.4 is 5.32 Å². The van der Waals surface area contributed by atoms with Crippen molar-refractivity contribution in [2.45, 2.75) is 52.0 Å². The lowest BCUT2D eigenvalue weighted by Gasteiger charge is -2.21. The largest absolute Gasteiger partial charge is 0.480 e. The molecule has 0 aromatic rings. The summed E-state index contributed by atoms with van der Waals surface area (Å²) in [7, 11) is 0. The van der Waals surface area contributed by atoms with E-state index in [1.54, 1.807) is 6.20 Å². The molecule has 0 amide bonds. The summed E-state index contributed by atoms with van der Waals surface area (Å²) in [5, 5.41) is 11.9. The Bertz CT molecular complexity index is 308. The molecule has 2 N–H and O–H groups in total. The molecule has 1 atom stereocenters. The fraction of sp³-hybridized carbons (Fsp3) is 0.667. The van der Waals surface area contributed by atoms with Gasteiger partial charge in [0.1, 0.15) is 6.04 Å². The minimum Gasteiger partial charge on any atom is -0.480 e. The third-order valence-corrected chi connectivity index (χ3v) is 2.71. The first-order valence-corrected chi connectivity index (χ1v) is 5.95. The van der Waals surface area contributed by atoms with Gasteiger partial charge in [0, 0.05) is 0 Å². The zero-order valence-corrected chi connectivity index (χ0v) is 9.99. The van der Waals surface area contributed by atoms with Crippen LogP contribution in [0.2, 0.25) is 0 Å². The molecule has 0 aromatic heterocycles. The number of carbonyl (C=O) groups is 1. The molecule has 0 saturated carbocycles. The van der Waals surface area contributed by atoms with Crippen LogP contribution in [0.1, 0.15) is 46.0 Å². The molecule has 90 valence electrons.